The molecule has 21 heavy (non-hydrogen) atoms. The number of rotatable bonds is 4. The molecule has 0 aromatic heterocycles. The minimum absolute atomic E-state index is 0.221. The van der Waals surface area contributed by atoms with Crippen LogP contribution >= 0.6 is 0 Å². The normalized spacial score (nSPS) is 19.8. The molecule has 0 bridgehead atoms. The summed E-state index contributed by atoms with van der Waals surface area (Å²) in [6.07, 6.45) is 4.89. The Morgan fingerprint density at radius 2 is 1.81 bits per heavy atom. The van der Waals surface area contributed by atoms with E-state index in [1.54, 1.807) is 12.1 Å². The van der Waals surface area contributed by atoms with Gasteiger partial charge >= 0.3 is 0 Å². The second kappa shape index (κ2) is 5.94. The van der Waals surface area contributed by atoms with E-state index >= 15 is 0 Å². The van der Waals surface area contributed by atoms with Crippen LogP contribution in [0.4, 0.5) is 5.69 Å². The minimum Gasteiger partial charge on any atom is -0.370 e. The Kier molecular flexibility index (Phi) is 4.19. The Morgan fingerprint density at radius 1 is 1.05 bits per heavy atom. The van der Waals surface area contributed by atoms with Gasteiger partial charge in [-0.15, -0.1) is 0 Å². The molecule has 0 saturated carbocycles. The summed E-state index contributed by atoms with van der Waals surface area (Å²) in [4.78, 5) is 5.11. The maximum atomic E-state index is 11.4. The lowest BCUT2D eigenvalue weighted by molar-refractivity contribution is 0.233. The van der Waals surface area contributed by atoms with E-state index in [1.165, 1.54) is 38.0 Å². The topological polar surface area (TPSA) is 66.6 Å². The number of nitrogens with two attached hydrogens (primary N) is 1. The van der Waals surface area contributed by atoms with Crippen LogP contribution in [0.25, 0.3) is 0 Å². The smallest absolute Gasteiger partial charge is 0.238 e. The second-order valence-electron chi connectivity index (χ2n) is 5.97. The van der Waals surface area contributed by atoms with Crippen molar-refractivity contribution in [3.05, 3.63) is 23.8 Å². The lowest BCUT2D eigenvalue weighted by Crippen LogP contribution is -2.37. The molecule has 1 aromatic rings. The van der Waals surface area contributed by atoms with Gasteiger partial charge in [-0.05, 0) is 56.1 Å². The fourth-order valence-electron chi connectivity index (χ4n) is 3.30. The van der Waals surface area contributed by atoms with Crippen LogP contribution in [-0.4, -0.2) is 46.0 Å². The molecule has 0 amide bonds. The highest BCUT2D eigenvalue weighted by molar-refractivity contribution is 7.89. The Bertz CT molecular complexity index is 609. The fraction of sp³-hybridized carbons (Fsp3) is 0.600. The van der Waals surface area contributed by atoms with Gasteiger partial charge in [0.05, 0.1) is 4.90 Å². The lowest BCUT2D eigenvalue weighted by atomic mass is 10.1. The molecular weight excluding hydrogens is 286 g/mol. The molecule has 2 heterocycles. The van der Waals surface area contributed by atoms with Crippen molar-refractivity contribution < 1.29 is 8.42 Å². The molecule has 116 valence electrons. The summed E-state index contributed by atoms with van der Waals surface area (Å²) in [5.41, 5.74) is 2.26. The first kappa shape index (κ1) is 14.8. The zero-order valence-corrected chi connectivity index (χ0v) is 13.1. The highest BCUT2D eigenvalue weighted by Crippen LogP contribution is 2.29. The van der Waals surface area contributed by atoms with Crippen LogP contribution in [0.15, 0.2) is 23.1 Å². The van der Waals surface area contributed by atoms with Gasteiger partial charge in [0.15, 0.2) is 0 Å². The van der Waals surface area contributed by atoms with E-state index in [-0.39, 0.29) is 4.90 Å². The molecule has 0 unspecified atom stereocenters. The number of benzene rings is 1. The maximum Gasteiger partial charge on any atom is 0.238 e. The third-order valence-corrected chi connectivity index (χ3v) is 5.42. The number of likely N-dealkylation sites (tertiary alicyclic amines) is 1. The van der Waals surface area contributed by atoms with Gasteiger partial charge in [0, 0.05) is 25.3 Å². The number of sulfonamides is 1. The van der Waals surface area contributed by atoms with E-state index in [2.05, 4.69) is 9.80 Å². The van der Waals surface area contributed by atoms with E-state index in [1.807, 2.05) is 6.07 Å². The van der Waals surface area contributed by atoms with Gasteiger partial charge in [-0.25, -0.2) is 13.6 Å². The number of hydrogen-bond donors (Lipinski definition) is 1. The number of primary sulfonamides is 1. The molecule has 2 N–H and O–H groups in total. The van der Waals surface area contributed by atoms with Gasteiger partial charge in [-0.2, -0.15) is 0 Å². The standard InChI is InChI=1S/C15H23N3O2S/c16-21(19,20)14-4-5-15-13(12-14)6-9-18(15)11-10-17-7-2-1-3-8-17/h4-5,12H,1-3,6-11H2,(H2,16,19,20). The Labute approximate surface area is 126 Å². The quantitative estimate of drug-likeness (QED) is 0.907. The molecule has 1 saturated heterocycles. The SMILES string of the molecule is NS(=O)(=O)c1ccc2c(c1)CCN2CCN1CCCCC1. The Balaban J connectivity index is 1.66. The number of fused-ring (bicyclic) bond motifs is 1. The summed E-state index contributed by atoms with van der Waals surface area (Å²) in [7, 11) is -3.60. The molecule has 1 fully saturated rings. The Hall–Kier alpha value is -1.11. The van der Waals surface area contributed by atoms with Crippen molar-refractivity contribution in [3.63, 3.8) is 0 Å². The average Bonchev–Trinajstić information content (AvgIpc) is 2.87. The number of anilines is 1. The predicted octanol–water partition coefficient (Wildman–Crippen LogP) is 1.18. The molecule has 0 atom stereocenters. The number of piperidine rings is 1. The van der Waals surface area contributed by atoms with E-state index in [9.17, 15) is 8.42 Å². The third-order valence-electron chi connectivity index (χ3n) is 4.51. The zero-order chi connectivity index (χ0) is 14.9. The number of nitrogens with zero attached hydrogens (tertiary/aromatic N) is 2. The summed E-state index contributed by atoms with van der Waals surface area (Å²) in [5, 5.41) is 5.19. The highest BCUT2D eigenvalue weighted by atomic mass is 32.2. The van der Waals surface area contributed by atoms with E-state index in [4.69, 9.17) is 5.14 Å². The van der Waals surface area contributed by atoms with Gasteiger partial charge in [0.1, 0.15) is 0 Å². The molecule has 0 aliphatic carbocycles. The molecule has 0 radical (unpaired) electrons. The van der Waals surface area contributed by atoms with Crippen molar-refractivity contribution in [2.75, 3.05) is 37.6 Å². The summed E-state index contributed by atoms with van der Waals surface area (Å²) in [5.74, 6) is 0. The highest BCUT2D eigenvalue weighted by Gasteiger charge is 2.22. The van der Waals surface area contributed by atoms with Gasteiger partial charge in [0.25, 0.3) is 0 Å². The molecule has 3 rings (SSSR count). The van der Waals surface area contributed by atoms with Crippen LogP contribution < -0.4 is 10.0 Å². The largest absolute Gasteiger partial charge is 0.370 e. The van der Waals surface area contributed by atoms with Crippen molar-refractivity contribution in [1.82, 2.24) is 4.90 Å². The van der Waals surface area contributed by atoms with Gasteiger partial charge < -0.3 is 9.80 Å². The summed E-state index contributed by atoms with van der Waals surface area (Å²) in [6, 6.07) is 5.25. The molecule has 1 aromatic carbocycles. The van der Waals surface area contributed by atoms with E-state index in [0.717, 1.165) is 31.6 Å². The molecular formula is C15H23N3O2S. The van der Waals surface area contributed by atoms with E-state index < -0.39 is 10.0 Å². The van der Waals surface area contributed by atoms with Gasteiger partial charge in [-0.3, -0.25) is 0 Å². The van der Waals surface area contributed by atoms with Crippen molar-refractivity contribution in [3.8, 4) is 0 Å². The lowest BCUT2D eigenvalue weighted by Gasteiger charge is -2.29. The van der Waals surface area contributed by atoms with Crippen molar-refractivity contribution >= 4 is 15.7 Å². The van der Waals surface area contributed by atoms with Gasteiger partial charge in [0.2, 0.25) is 10.0 Å². The van der Waals surface area contributed by atoms with Crippen molar-refractivity contribution in [2.45, 2.75) is 30.6 Å². The van der Waals surface area contributed by atoms with Crippen LogP contribution in [0.5, 0.6) is 0 Å². The van der Waals surface area contributed by atoms with Gasteiger partial charge in [-0.1, -0.05) is 6.42 Å². The molecule has 2 aliphatic heterocycles. The van der Waals surface area contributed by atoms with Crippen LogP contribution in [0, 0.1) is 0 Å². The zero-order valence-electron chi connectivity index (χ0n) is 12.3. The fourth-order valence-corrected chi connectivity index (χ4v) is 3.87. The number of hydrogen-bond acceptors (Lipinski definition) is 4. The summed E-state index contributed by atoms with van der Waals surface area (Å²) >= 11 is 0. The van der Waals surface area contributed by atoms with Crippen molar-refractivity contribution in [1.29, 1.82) is 0 Å². The first-order valence-corrected chi connectivity index (χ1v) is 9.22. The monoisotopic (exact) mass is 309 g/mol. The molecule has 5 nitrogen and oxygen atoms in total. The van der Waals surface area contributed by atoms with Crippen LogP contribution in [-0.2, 0) is 16.4 Å². The molecule has 2 aliphatic rings. The summed E-state index contributed by atoms with van der Waals surface area (Å²) in [6.45, 7) is 5.51. The first-order valence-electron chi connectivity index (χ1n) is 7.67. The third kappa shape index (κ3) is 3.39. The predicted molar refractivity (Wildman–Crippen MR) is 84.0 cm³/mol. The van der Waals surface area contributed by atoms with Crippen LogP contribution in [0.3, 0.4) is 0 Å². The van der Waals surface area contributed by atoms with E-state index in [0.29, 0.717) is 0 Å². The second-order valence-corrected chi connectivity index (χ2v) is 7.54. The minimum atomic E-state index is -3.60. The van der Waals surface area contributed by atoms with Crippen LogP contribution in [0.2, 0.25) is 0 Å². The first-order chi connectivity index (χ1) is 10.0. The maximum absolute atomic E-state index is 11.4. The Morgan fingerprint density at radius 3 is 2.52 bits per heavy atom. The average molecular weight is 309 g/mol. The van der Waals surface area contributed by atoms with Crippen molar-refractivity contribution in [2.24, 2.45) is 5.14 Å². The van der Waals surface area contributed by atoms with Crippen LogP contribution in [0.1, 0.15) is 24.8 Å². The molecule has 6 heteroatoms. The molecule has 0 spiro atoms. The summed E-state index contributed by atoms with van der Waals surface area (Å²) < 4.78 is 22.8.